The Morgan fingerprint density at radius 1 is 1.47 bits per heavy atom. The van der Waals surface area contributed by atoms with Crippen LogP contribution in [0.15, 0.2) is 24.3 Å². The van der Waals surface area contributed by atoms with Crippen molar-refractivity contribution in [2.75, 3.05) is 24.5 Å². The first-order valence-corrected chi connectivity index (χ1v) is 6.24. The Morgan fingerprint density at radius 3 is 2.94 bits per heavy atom. The van der Waals surface area contributed by atoms with Gasteiger partial charge in [0, 0.05) is 31.4 Å². The highest BCUT2D eigenvalue weighted by Gasteiger charge is 2.29. The molecule has 1 fully saturated rings. The Kier molecular flexibility index (Phi) is 3.40. The summed E-state index contributed by atoms with van der Waals surface area (Å²) in [4.78, 5) is 2.28. The average molecular weight is 234 g/mol. The van der Waals surface area contributed by atoms with Gasteiger partial charge in [-0.3, -0.25) is 0 Å². The number of nitrogens with zero attached hydrogens (tertiary/aromatic N) is 1. The number of anilines is 1. The SMILES string of the molecule is Cc1cccc(N2CC(C)(O)CNCC2C)c1. The monoisotopic (exact) mass is 234 g/mol. The maximum atomic E-state index is 10.3. The fourth-order valence-electron chi connectivity index (χ4n) is 2.39. The van der Waals surface area contributed by atoms with Gasteiger partial charge in [0.1, 0.15) is 0 Å². The van der Waals surface area contributed by atoms with Crippen molar-refractivity contribution >= 4 is 5.69 Å². The maximum absolute atomic E-state index is 10.3. The van der Waals surface area contributed by atoms with Crippen LogP contribution < -0.4 is 10.2 Å². The van der Waals surface area contributed by atoms with Crippen LogP contribution in [0.5, 0.6) is 0 Å². The van der Waals surface area contributed by atoms with Crippen LogP contribution in [0.2, 0.25) is 0 Å². The van der Waals surface area contributed by atoms with E-state index in [0.717, 1.165) is 6.54 Å². The second kappa shape index (κ2) is 4.67. The fourth-order valence-corrected chi connectivity index (χ4v) is 2.39. The molecule has 1 aromatic rings. The fraction of sp³-hybridized carbons (Fsp3) is 0.571. The third-order valence-electron chi connectivity index (χ3n) is 3.32. The Balaban J connectivity index is 2.27. The molecule has 3 nitrogen and oxygen atoms in total. The van der Waals surface area contributed by atoms with Gasteiger partial charge >= 0.3 is 0 Å². The number of aryl methyl sites for hydroxylation is 1. The number of nitrogens with one attached hydrogen (secondary N) is 1. The molecule has 0 radical (unpaired) electrons. The highest BCUT2D eigenvalue weighted by atomic mass is 16.3. The van der Waals surface area contributed by atoms with Crippen molar-refractivity contribution in [2.45, 2.75) is 32.4 Å². The average Bonchev–Trinajstić information content (AvgIpc) is 2.38. The summed E-state index contributed by atoms with van der Waals surface area (Å²) in [6.45, 7) is 8.41. The standard InChI is InChI=1S/C14H22N2O/c1-11-5-4-6-13(7-11)16-10-14(3,17)9-15-8-12(16)2/h4-7,12,15,17H,8-10H2,1-3H3. The number of β-amino-alcohol motifs (C(OH)–C–C–N with tert-alkyl or cyclic N) is 1. The third-order valence-corrected chi connectivity index (χ3v) is 3.32. The molecule has 1 heterocycles. The van der Waals surface area contributed by atoms with Gasteiger partial charge in [0.05, 0.1) is 5.60 Å². The molecule has 2 atom stereocenters. The quantitative estimate of drug-likeness (QED) is 0.774. The van der Waals surface area contributed by atoms with E-state index in [1.54, 1.807) is 0 Å². The van der Waals surface area contributed by atoms with Crippen molar-refractivity contribution < 1.29 is 5.11 Å². The topological polar surface area (TPSA) is 35.5 Å². The van der Waals surface area contributed by atoms with Gasteiger partial charge in [0.2, 0.25) is 0 Å². The lowest BCUT2D eigenvalue weighted by molar-refractivity contribution is 0.0726. The van der Waals surface area contributed by atoms with E-state index in [1.807, 2.05) is 6.92 Å². The van der Waals surface area contributed by atoms with Crippen LogP contribution >= 0.6 is 0 Å². The normalized spacial score (nSPS) is 30.1. The van der Waals surface area contributed by atoms with Crippen LogP contribution in [-0.2, 0) is 0 Å². The molecule has 2 unspecified atom stereocenters. The summed E-state index contributed by atoms with van der Waals surface area (Å²) < 4.78 is 0. The summed E-state index contributed by atoms with van der Waals surface area (Å²) in [6.07, 6.45) is 0. The molecule has 1 saturated heterocycles. The second-order valence-electron chi connectivity index (χ2n) is 5.44. The Morgan fingerprint density at radius 2 is 2.24 bits per heavy atom. The largest absolute Gasteiger partial charge is 0.387 e. The number of rotatable bonds is 1. The van der Waals surface area contributed by atoms with Crippen LogP contribution in [-0.4, -0.2) is 36.4 Å². The smallest absolute Gasteiger partial charge is 0.0917 e. The van der Waals surface area contributed by atoms with Gasteiger partial charge in [0.25, 0.3) is 0 Å². The van der Waals surface area contributed by atoms with Crippen LogP contribution in [0.3, 0.4) is 0 Å². The van der Waals surface area contributed by atoms with E-state index in [4.69, 9.17) is 0 Å². The first-order chi connectivity index (χ1) is 7.98. The van der Waals surface area contributed by atoms with E-state index in [9.17, 15) is 5.11 Å². The van der Waals surface area contributed by atoms with Gasteiger partial charge in [0.15, 0.2) is 0 Å². The zero-order valence-electron chi connectivity index (χ0n) is 10.9. The first kappa shape index (κ1) is 12.4. The summed E-state index contributed by atoms with van der Waals surface area (Å²) >= 11 is 0. The summed E-state index contributed by atoms with van der Waals surface area (Å²) in [6, 6.07) is 8.86. The molecule has 1 aromatic carbocycles. The molecule has 1 aliphatic heterocycles. The molecular weight excluding hydrogens is 212 g/mol. The van der Waals surface area contributed by atoms with E-state index in [1.165, 1.54) is 11.3 Å². The molecule has 0 spiro atoms. The number of benzene rings is 1. The van der Waals surface area contributed by atoms with Crippen molar-refractivity contribution in [1.82, 2.24) is 5.32 Å². The van der Waals surface area contributed by atoms with Crippen molar-refractivity contribution in [2.24, 2.45) is 0 Å². The minimum Gasteiger partial charge on any atom is -0.387 e. The van der Waals surface area contributed by atoms with E-state index < -0.39 is 5.60 Å². The maximum Gasteiger partial charge on any atom is 0.0917 e. The molecular formula is C14H22N2O. The zero-order valence-corrected chi connectivity index (χ0v) is 10.9. The van der Waals surface area contributed by atoms with Crippen LogP contribution in [0.1, 0.15) is 19.4 Å². The van der Waals surface area contributed by atoms with Gasteiger partial charge < -0.3 is 15.3 Å². The van der Waals surface area contributed by atoms with Crippen molar-refractivity contribution in [3.63, 3.8) is 0 Å². The highest BCUT2D eigenvalue weighted by Crippen LogP contribution is 2.22. The van der Waals surface area contributed by atoms with E-state index in [2.05, 4.69) is 48.3 Å². The zero-order chi connectivity index (χ0) is 12.5. The molecule has 94 valence electrons. The lowest BCUT2D eigenvalue weighted by Gasteiger charge is -2.33. The lowest BCUT2D eigenvalue weighted by Crippen LogP contribution is -2.45. The summed E-state index contributed by atoms with van der Waals surface area (Å²) in [5, 5.41) is 13.6. The van der Waals surface area contributed by atoms with Gasteiger partial charge in [-0.05, 0) is 38.5 Å². The number of hydrogen-bond donors (Lipinski definition) is 2. The molecule has 0 saturated carbocycles. The Labute approximate surface area is 103 Å². The predicted molar refractivity (Wildman–Crippen MR) is 71.5 cm³/mol. The molecule has 0 bridgehead atoms. The van der Waals surface area contributed by atoms with Gasteiger partial charge in [-0.15, -0.1) is 0 Å². The van der Waals surface area contributed by atoms with Crippen LogP contribution in [0, 0.1) is 6.92 Å². The summed E-state index contributed by atoms with van der Waals surface area (Å²) in [5.74, 6) is 0. The number of hydrogen-bond acceptors (Lipinski definition) is 3. The van der Waals surface area contributed by atoms with Gasteiger partial charge in [-0.2, -0.15) is 0 Å². The van der Waals surface area contributed by atoms with Gasteiger partial charge in [-0.1, -0.05) is 12.1 Å². The molecule has 17 heavy (non-hydrogen) atoms. The Bertz CT molecular complexity index is 390. The minimum absolute atomic E-state index is 0.394. The molecule has 0 aliphatic carbocycles. The van der Waals surface area contributed by atoms with E-state index in [0.29, 0.717) is 19.1 Å². The first-order valence-electron chi connectivity index (χ1n) is 6.24. The lowest BCUT2D eigenvalue weighted by atomic mass is 10.1. The minimum atomic E-state index is -0.672. The highest BCUT2D eigenvalue weighted by molar-refractivity contribution is 5.50. The molecule has 2 N–H and O–H groups in total. The molecule has 3 heteroatoms. The summed E-state index contributed by atoms with van der Waals surface area (Å²) in [7, 11) is 0. The van der Waals surface area contributed by atoms with Crippen LogP contribution in [0.4, 0.5) is 5.69 Å². The van der Waals surface area contributed by atoms with Crippen LogP contribution in [0.25, 0.3) is 0 Å². The van der Waals surface area contributed by atoms with Crippen molar-refractivity contribution in [3.8, 4) is 0 Å². The summed E-state index contributed by atoms with van der Waals surface area (Å²) in [5.41, 5.74) is 1.78. The molecule has 0 aromatic heterocycles. The third kappa shape index (κ3) is 2.99. The van der Waals surface area contributed by atoms with Gasteiger partial charge in [-0.25, -0.2) is 0 Å². The van der Waals surface area contributed by atoms with Crippen molar-refractivity contribution in [1.29, 1.82) is 0 Å². The second-order valence-corrected chi connectivity index (χ2v) is 5.44. The van der Waals surface area contributed by atoms with E-state index in [-0.39, 0.29) is 0 Å². The molecule has 0 amide bonds. The van der Waals surface area contributed by atoms with E-state index >= 15 is 0 Å². The molecule has 2 rings (SSSR count). The Hall–Kier alpha value is -1.06. The molecule has 1 aliphatic rings. The number of aliphatic hydroxyl groups is 1. The predicted octanol–water partition coefficient (Wildman–Crippen LogP) is 1.54. The van der Waals surface area contributed by atoms with Crippen molar-refractivity contribution in [3.05, 3.63) is 29.8 Å².